The molecule has 1 aliphatic heterocycles. The van der Waals surface area contributed by atoms with Crippen molar-refractivity contribution >= 4 is 11.9 Å². The summed E-state index contributed by atoms with van der Waals surface area (Å²) in [6.45, 7) is 9.67. The van der Waals surface area contributed by atoms with E-state index in [9.17, 15) is 9.59 Å². The lowest BCUT2D eigenvalue weighted by Gasteiger charge is -2.29. The van der Waals surface area contributed by atoms with E-state index in [1.54, 1.807) is 13.8 Å². The zero-order valence-electron chi connectivity index (χ0n) is 14.0. The fourth-order valence-corrected chi connectivity index (χ4v) is 3.44. The summed E-state index contributed by atoms with van der Waals surface area (Å²) in [4.78, 5) is 25.0. The molecule has 22 heavy (non-hydrogen) atoms. The molecule has 1 aliphatic carbocycles. The molecule has 1 saturated heterocycles. The van der Waals surface area contributed by atoms with Crippen LogP contribution in [0.2, 0.25) is 0 Å². The van der Waals surface area contributed by atoms with Gasteiger partial charge in [-0.3, -0.25) is 9.59 Å². The summed E-state index contributed by atoms with van der Waals surface area (Å²) in [5, 5.41) is 0. The fraction of sp³-hybridized carbons (Fsp3) is 0.875. The molecule has 0 radical (unpaired) electrons. The van der Waals surface area contributed by atoms with Crippen LogP contribution in [0.15, 0.2) is 0 Å². The highest BCUT2D eigenvalue weighted by Crippen LogP contribution is 2.55. The van der Waals surface area contributed by atoms with Gasteiger partial charge in [-0.1, -0.05) is 6.92 Å². The maximum atomic E-state index is 12.5. The predicted octanol–water partition coefficient (Wildman–Crippen LogP) is 2.05. The van der Waals surface area contributed by atoms with Crippen LogP contribution in [0.4, 0.5) is 0 Å². The number of rotatable bonds is 4. The van der Waals surface area contributed by atoms with Crippen molar-refractivity contribution in [3.63, 3.8) is 0 Å². The van der Waals surface area contributed by atoms with Crippen molar-refractivity contribution < 1.29 is 28.5 Å². The van der Waals surface area contributed by atoms with Crippen molar-refractivity contribution in [1.29, 1.82) is 0 Å². The summed E-state index contributed by atoms with van der Waals surface area (Å²) in [5.41, 5.74) is -1.34. The Morgan fingerprint density at radius 2 is 1.45 bits per heavy atom. The lowest BCUT2D eigenvalue weighted by atomic mass is 9.85. The van der Waals surface area contributed by atoms with Crippen LogP contribution in [0, 0.1) is 11.3 Å². The molecule has 6 nitrogen and oxygen atoms in total. The Morgan fingerprint density at radius 1 is 1.00 bits per heavy atom. The number of hydrogen-bond acceptors (Lipinski definition) is 6. The van der Waals surface area contributed by atoms with E-state index in [0.29, 0.717) is 6.42 Å². The molecular weight excluding hydrogens is 288 g/mol. The minimum atomic E-state index is -1.34. The summed E-state index contributed by atoms with van der Waals surface area (Å²) in [5.74, 6) is -2.11. The van der Waals surface area contributed by atoms with Gasteiger partial charge in [0.2, 0.25) is 0 Å². The first-order valence-electron chi connectivity index (χ1n) is 8.01. The Morgan fingerprint density at radius 3 is 1.86 bits per heavy atom. The topological polar surface area (TPSA) is 71.1 Å². The average molecular weight is 314 g/mol. The van der Waals surface area contributed by atoms with Gasteiger partial charge in [0.15, 0.2) is 11.2 Å². The molecule has 126 valence electrons. The second-order valence-electron chi connectivity index (χ2n) is 6.26. The molecule has 0 N–H and O–H groups in total. The van der Waals surface area contributed by atoms with Gasteiger partial charge in [-0.25, -0.2) is 0 Å². The van der Waals surface area contributed by atoms with Crippen LogP contribution >= 0.6 is 0 Å². The van der Waals surface area contributed by atoms with Crippen LogP contribution in [0.1, 0.15) is 47.5 Å². The molecule has 2 aliphatic rings. The van der Waals surface area contributed by atoms with Crippen LogP contribution < -0.4 is 0 Å². The summed E-state index contributed by atoms with van der Waals surface area (Å²) >= 11 is 0. The molecule has 0 aromatic rings. The number of carbonyl (C=O) groups excluding carboxylic acids is 2. The number of esters is 2. The zero-order chi connectivity index (χ0) is 16.5. The van der Waals surface area contributed by atoms with Crippen LogP contribution in [0.25, 0.3) is 0 Å². The highest BCUT2D eigenvalue weighted by Gasteiger charge is 2.66. The first-order valence-corrected chi connectivity index (χ1v) is 8.01. The van der Waals surface area contributed by atoms with Gasteiger partial charge in [0.25, 0.3) is 0 Å². The van der Waals surface area contributed by atoms with Gasteiger partial charge < -0.3 is 18.9 Å². The van der Waals surface area contributed by atoms with Gasteiger partial charge in [0, 0.05) is 12.3 Å². The molecule has 1 unspecified atom stereocenters. The van der Waals surface area contributed by atoms with E-state index in [-0.39, 0.29) is 37.8 Å². The van der Waals surface area contributed by atoms with E-state index in [0.717, 1.165) is 0 Å². The number of hydrogen-bond donors (Lipinski definition) is 0. The first kappa shape index (κ1) is 17.2. The minimum Gasteiger partial charge on any atom is -0.465 e. The largest absolute Gasteiger partial charge is 0.465 e. The summed E-state index contributed by atoms with van der Waals surface area (Å²) in [6, 6.07) is 0. The molecule has 0 amide bonds. The highest BCUT2D eigenvalue weighted by molar-refractivity contribution is 6.00. The maximum absolute atomic E-state index is 12.5. The fourth-order valence-electron chi connectivity index (χ4n) is 3.44. The second kappa shape index (κ2) is 6.16. The van der Waals surface area contributed by atoms with Crippen LogP contribution in [-0.4, -0.2) is 43.1 Å². The van der Waals surface area contributed by atoms with Crippen molar-refractivity contribution in [2.45, 2.75) is 65.5 Å². The van der Waals surface area contributed by atoms with E-state index in [1.807, 2.05) is 20.8 Å². The molecule has 6 heteroatoms. The van der Waals surface area contributed by atoms with E-state index >= 15 is 0 Å². The Bertz CT molecular complexity index is 418. The monoisotopic (exact) mass is 314 g/mol. The molecule has 3 atom stereocenters. The molecular formula is C16H26O6. The molecule has 2 rings (SSSR count). The molecule has 1 spiro atoms. The Kier molecular flexibility index (Phi) is 4.82. The Hall–Kier alpha value is -1.14. The average Bonchev–Trinajstić information content (AvgIpc) is 2.89. The molecule has 0 bridgehead atoms. The van der Waals surface area contributed by atoms with Crippen LogP contribution in [0.5, 0.6) is 0 Å². The van der Waals surface area contributed by atoms with Crippen LogP contribution in [0.3, 0.4) is 0 Å². The van der Waals surface area contributed by atoms with Crippen molar-refractivity contribution in [3.05, 3.63) is 0 Å². The SMILES string of the molecule is CCOC(=O)C1(C(=O)OCC)CC(C)C2(C1)O[C@@H](C)[C@H](C)O2. The van der Waals surface area contributed by atoms with E-state index in [4.69, 9.17) is 18.9 Å². The smallest absolute Gasteiger partial charge is 0.323 e. The molecule has 1 saturated carbocycles. The normalized spacial score (nSPS) is 32.1. The number of carbonyl (C=O) groups is 2. The summed E-state index contributed by atoms with van der Waals surface area (Å²) < 4.78 is 22.3. The van der Waals surface area contributed by atoms with Crippen LogP contribution in [-0.2, 0) is 28.5 Å². The van der Waals surface area contributed by atoms with Gasteiger partial charge in [0.05, 0.1) is 25.4 Å². The summed E-state index contributed by atoms with van der Waals surface area (Å²) in [6.07, 6.45) is 0.294. The van der Waals surface area contributed by atoms with Crippen molar-refractivity contribution in [1.82, 2.24) is 0 Å². The Labute approximate surface area is 131 Å². The van der Waals surface area contributed by atoms with Crippen molar-refractivity contribution in [3.8, 4) is 0 Å². The van der Waals surface area contributed by atoms with Gasteiger partial charge in [0.1, 0.15) is 0 Å². The lowest BCUT2D eigenvalue weighted by Crippen LogP contribution is -2.42. The molecule has 2 fully saturated rings. The van der Waals surface area contributed by atoms with Gasteiger partial charge in [-0.2, -0.15) is 0 Å². The van der Waals surface area contributed by atoms with E-state index < -0.39 is 23.1 Å². The molecule has 0 aromatic carbocycles. The van der Waals surface area contributed by atoms with E-state index in [2.05, 4.69) is 0 Å². The first-order chi connectivity index (χ1) is 10.3. The number of ether oxygens (including phenoxy) is 4. The van der Waals surface area contributed by atoms with Gasteiger partial charge >= 0.3 is 11.9 Å². The van der Waals surface area contributed by atoms with Crippen molar-refractivity contribution in [2.24, 2.45) is 11.3 Å². The Balaban J connectivity index is 2.32. The molecule has 1 heterocycles. The predicted molar refractivity (Wildman–Crippen MR) is 77.9 cm³/mol. The van der Waals surface area contributed by atoms with Gasteiger partial charge in [-0.05, 0) is 34.1 Å². The third kappa shape index (κ3) is 2.63. The maximum Gasteiger partial charge on any atom is 0.323 e. The third-order valence-corrected chi connectivity index (χ3v) is 4.72. The molecule has 0 aromatic heterocycles. The quantitative estimate of drug-likeness (QED) is 0.584. The lowest BCUT2D eigenvalue weighted by molar-refractivity contribution is -0.202. The second-order valence-corrected chi connectivity index (χ2v) is 6.26. The standard InChI is InChI=1S/C16H26O6/c1-6-19-13(17)15(14(18)20-7-2)8-10(3)16(9-15)21-11(4)12(5)22-16/h10-12H,6-9H2,1-5H3/t10?,11-,12-/m0/s1. The van der Waals surface area contributed by atoms with E-state index in [1.165, 1.54) is 0 Å². The van der Waals surface area contributed by atoms with Gasteiger partial charge in [-0.15, -0.1) is 0 Å². The van der Waals surface area contributed by atoms with Crippen molar-refractivity contribution in [2.75, 3.05) is 13.2 Å². The highest BCUT2D eigenvalue weighted by atomic mass is 16.8. The minimum absolute atomic E-state index is 0.0809. The third-order valence-electron chi connectivity index (χ3n) is 4.72. The zero-order valence-corrected chi connectivity index (χ0v) is 14.0. The summed E-state index contributed by atoms with van der Waals surface area (Å²) in [7, 11) is 0.